The van der Waals surface area contributed by atoms with Crippen molar-refractivity contribution in [2.75, 3.05) is 5.75 Å². The molecular weight excluding hydrogens is 284 g/mol. The van der Waals surface area contributed by atoms with Crippen LogP contribution in [-0.2, 0) is 13.0 Å². The maximum atomic E-state index is 12.7. The van der Waals surface area contributed by atoms with Crippen LogP contribution < -0.4 is 5.56 Å². The van der Waals surface area contributed by atoms with Crippen LogP contribution in [0.3, 0.4) is 0 Å². The van der Waals surface area contributed by atoms with Crippen LogP contribution in [0, 0.1) is 6.92 Å². The molecule has 0 bridgehead atoms. The molecule has 0 amide bonds. The standard InChI is InChI=1S/C16H18N2O2S/c1-3-18-16(20)13(9-17-18)15(19)12-6-7-14-11(10(12)2)5-4-8-21-14/h6-7,9,17H,3-5,8H2,1-2H3. The lowest BCUT2D eigenvalue weighted by Crippen LogP contribution is -2.21. The van der Waals surface area contributed by atoms with Crippen LogP contribution in [0.25, 0.3) is 0 Å². The van der Waals surface area contributed by atoms with E-state index in [0.29, 0.717) is 12.1 Å². The van der Waals surface area contributed by atoms with E-state index in [1.165, 1.54) is 21.3 Å². The van der Waals surface area contributed by atoms with Crippen molar-refractivity contribution in [2.45, 2.75) is 38.1 Å². The number of carbonyl (C=O) groups is 1. The molecule has 0 spiro atoms. The Kier molecular flexibility index (Phi) is 3.76. The molecule has 1 aliphatic heterocycles. The molecule has 1 N–H and O–H groups in total. The van der Waals surface area contributed by atoms with E-state index in [1.54, 1.807) is 0 Å². The highest BCUT2D eigenvalue weighted by molar-refractivity contribution is 7.99. The molecule has 0 fully saturated rings. The first-order valence-electron chi connectivity index (χ1n) is 7.21. The van der Waals surface area contributed by atoms with Crippen molar-refractivity contribution in [2.24, 2.45) is 0 Å². The summed E-state index contributed by atoms with van der Waals surface area (Å²) < 4.78 is 1.44. The average Bonchev–Trinajstić information content (AvgIpc) is 2.88. The first-order valence-corrected chi connectivity index (χ1v) is 8.20. The van der Waals surface area contributed by atoms with E-state index in [-0.39, 0.29) is 16.9 Å². The number of nitrogens with one attached hydrogen (secondary N) is 1. The number of aromatic amines is 1. The van der Waals surface area contributed by atoms with Crippen molar-refractivity contribution in [3.05, 3.63) is 50.9 Å². The Labute approximate surface area is 127 Å². The van der Waals surface area contributed by atoms with Crippen LogP contribution in [0.15, 0.2) is 28.0 Å². The summed E-state index contributed by atoms with van der Waals surface area (Å²) in [6.07, 6.45) is 3.67. The summed E-state index contributed by atoms with van der Waals surface area (Å²) in [5.74, 6) is 0.956. The number of benzene rings is 1. The van der Waals surface area contributed by atoms with Crippen molar-refractivity contribution in [1.82, 2.24) is 9.78 Å². The molecule has 0 saturated carbocycles. The molecule has 5 heteroatoms. The highest BCUT2D eigenvalue weighted by Crippen LogP contribution is 2.33. The van der Waals surface area contributed by atoms with Crippen molar-refractivity contribution < 1.29 is 4.79 Å². The molecule has 0 atom stereocenters. The van der Waals surface area contributed by atoms with Crippen LogP contribution in [0.4, 0.5) is 0 Å². The Morgan fingerprint density at radius 2 is 2.19 bits per heavy atom. The number of carbonyl (C=O) groups excluding carboxylic acids is 1. The molecule has 0 aliphatic carbocycles. The normalized spacial score (nSPS) is 14.0. The lowest BCUT2D eigenvalue weighted by atomic mass is 9.94. The van der Waals surface area contributed by atoms with E-state index >= 15 is 0 Å². The summed E-state index contributed by atoms with van der Waals surface area (Å²) in [5.41, 5.74) is 2.92. The zero-order valence-corrected chi connectivity index (χ0v) is 13.0. The molecule has 1 aliphatic rings. The monoisotopic (exact) mass is 302 g/mol. The predicted molar refractivity (Wildman–Crippen MR) is 84.4 cm³/mol. The molecule has 2 aromatic rings. The Hall–Kier alpha value is -1.75. The van der Waals surface area contributed by atoms with E-state index in [0.717, 1.165) is 24.2 Å². The lowest BCUT2D eigenvalue weighted by molar-refractivity contribution is 0.103. The van der Waals surface area contributed by atoms with Gasteiger partial charge in [0.25, 0.3) is 5.56 Å². The van der Waals surface area contributed by atoms with E-state index in [4.69, 9.17) is 0 Å². The van der Waals surface area contributed by atoms with Gasteiger partial charge >= 0.3 is 0 Å². The van der Waals surface area contributed by atoms with Gasteiger partial charge in [-0.25, -0.2) is 0 Å². The number of hydrogen-bond donors (Lipinski definition) is 1. The first-order chi connectivity index (χ1) is 10.1. The number of hydrogen-bond acceptors (Lipinski definition) is 3. The van der Waals surface area contributed by atoms with Gasteiger partial charge in [0.2, 0.25) is 0 Å². The smallest absolute Gasteiger partial charge is 0.277 e. The molecule has 0 saturated heterocycles. The van der Waals surface area contributed by atoms with Crippen molar-refractivity contribution >= 4 is 17.5 Å². The third-order valence-electron chi connectivity index (χ3n) is 4.03. The lowest BCUT2D eigenvalue weighted by Gasteiger charge is -2.19. The average molecular weight is 302 g/mol. The molecule has 110 valence electrons. The van der Waals surface area contributed by atoms with Crippen molar-refractivity contribution in [3.63, 3.8) is 0 Å². The fourth-order valence-electron chi connectivity index (χ4n) is 2.81. The predicted octanol–water partition coefficient (Wildman–Crippen LogP) is 2.77. The minimum Gasteiger partial charge on any atom is -0.302 e. The van der Waals surface area contributed by atoms with Crippen molar-refractivity contribution in [3.8, 4) is 0 Å². The molecule has 0 radical (unpaired) electrons. The summed E-state index contributed by atoms with van der Waals surface area (Å²) in [6.45, 7) is 4.39. The molecule has 1 aromatic heterocycles. The van der Waals surface area contributed by atoms with E-state index in [2.05, 4.69) is 5.10 Å². The van der Waals surface area contributed by atoms with Crippen LogP contribution in [-0.4, -0.2) is 21.3 Å². The van der Waals surface area contributed by atoms with Gasteiger partial charge in [-0.1, -0.05) is 0 Å². The molecule has 3 rings (SSSR count). The zero-order chi connectivity index (χ0) is 15.0. The largest absolute Gasteiger partial charge is 0.302 e. The number of thioether (sulfide) groups is 1. The van der Waals surface area contributed by atoms with E-state index < -0.39 is 0 Å². The fraction of sp³-hybridized carbons (Fsp3) is 0.375. The number of H-pyrrole nitrogens is 1. The molecular formula is C16H18N2O2S. The summed E-state index contributed by atoms with van der Waals surface area (Å²) >= 11 is 1.85. The Bertz CT molecular complexity index is 758. The summed E-state index contributed by atoms with van der Waals surface area (Å²) in [6, 6.07) is 3.88. The van der Waals surface area contributed by atoms with Crippen LogP contribution in [0.5, 0.6) is 0 Å². The SMILES string of the molecule is CCn1[nH]cc(C(=O)c2ccc3c(c2C)CCCS3)c1=O. The molecule has 2 heterocycles. The first kappa shape index (κ1) is 14.2. The minimum atomic E-state index is -0.242. The second-order valence-corrected chi connectivity index (χ2v) is 6.37. The Morgan fingerprint density at radius 1 is 1.38 bits per heavy atom. The van der Waals surface area contributed by atoms with Crippen molar-refractivity contribution in [1.29, 1.82) is 0 Å². The third-order valence-corrected chi connectivity index (χ3v) is 5.22. The van der Waals surface area contributed by atoms with Gasteiger partial charge in [-0.15, -0.1) is 11.8 Å². The molecule has 0 unspecified atom stereocenters. The van der Waals surface area contributed by atoms with Gasteiger partial charge < -0.3 is 5.10 Å². The number of nitrogens with zero attached hydrogens (tertiary/aromatic N) is 1. The topological polar surface area (TPSA) is 54.9 Å². The summed E-state index contributed by atoms with van der Waals surface area (Å²) in [7, 11) is 0. The number of aryl methyl sites for hydroxylation is 1. The fourth-order valence-corrected chi connectivity index (χ4v) is 3.91. The summed E-state index contributed by atoms with van der Waals surface area (Å²) in [4.78, 5) is 26.1. The van der Waals surface area contributed by atoms with Gasteiger partial charge in [-0.05, 0) is 55.7 Å². The number of aromatic nitrogens is 2. The van der Waals surface area contributed by atoms with Crippen LogP contribution in [0.1, 0.15) is 40.4 Å². The Balaban J connectivity index is 2.06. The van der Waals surface area contributed by atoms with E-state index in [1.807, 2.05) is 37.7 Å². The maximum absolute atomic E-state index is 12.7. The quantitative estimate of drug-likeness (QED) is 0.887. The molecule has 1 aromatic carbocycles. The number of ketones is 1. The van der Waals surface area contributed by atoms with Gasteiger partial charge in [0.15, 0.2) is 5.78 Å². The Morgan fingerprint density at radius 3 is 2.90 bits per heavy atom. The maximum Gasteiger partial charge on any atom is 0.277 e. The van der Waals surface area contributed by atoms with Gasteiger partial charge in [-0.3, -0.25) is 14.3 Å². The van der Waals surface area contributed by atoms with E-state index in [9.17, 15) is 9.59 Å². The zero-order valence-electron chi connectivity index (χ0n) is 12.2. The molecule has 21 heavy (non-hydrogen) atoms. The van der Waals surface area contributed by atoms with Gasteiger partial charge in [0.05, 0.1) is 0 Å². The van der Waals surface area contributed by atoms with Gasteiger partial charge in [-0.2, -0.15) is 0 Å². The second kappa shape index (κ2) is 5.56. The number of fused-ring (bicyclic) bond motifs is 1. The van der Waals surface area contributed by atoms with Gasteiger partial charge in [0.1, 0.15) is 5.56 Å². The number of rotatable bonds is 3. The highest BCUT2D eigenvalue weighted by Gasteiger charge is 2.21. The highest BCUT2D eigenvalue weighted by atomic mass is 32.2. The van der Waals surface area contributed by atoms with Crippen LogP contribution in [0.2, 0.25) is 0 Å². The molecule has 4 nitrogen and oxygen atoms in total. The third kappa shape index (κ3) is 2.35. The summed E-state index contributed by atoms with van der Waals surface area (Å²) in [5, 5.41) is 2.84. The van der Waals surface area contributed by atoms with Gasteiger partial charge in [0, 0.05) is 23.2 Å². The van der Waals surface area contributed by atoms with Crippen LogP contribution >= 0.6 is 11.8 Å². The minimum absolute atomic E-state index is 0.181. The second-order valence-electron chi connectivity index (χ2n) is 5.23.